The van der Waals surface area contributed by atoms with Gasteiger partial charge in [-0.25, -0.2) is 9.97 Å². The molecule has 1 aromatic rings. The zero-order chi connectivity index (χ0) is 17.1. The number of nitrogens with zero attached hydrogens (tertiary/aromatic N) is 5. The van der Waals surface area contributed by atoms with E-state index in [1.165, 1.54) is 24.1 Å². The second-order valence-corrected chi connectivity index (χ2v) is 7.37. The molecular formula is C18H31N5O. The highest BCUT2D eigenvalue weighted by atomic mass is 16.3. The number of piperazine rings is 1. The minimum absolute atomic E-state index is 0.354. The van der Waals surface area contributed by atoms with Crippen LogP contribution in [0.2, 0.25) is 0 Å². The van der Waals surface area contributed by atoms with Gasteiger partial charge in [0, 0.05) is 57.6 Å². The number of aromatic nitrogens is 2. The van der Waals surface area contributed by atoms with Gasteiger partial charge in [-0.1, -0.05) is 0 Å². The lowest BCUT2D eigenvalue weighted by Crippen LogP contribution is -2.48. The normalized spacial score (nSPS) is 20.7. The fraction of sp³-hybridized carbons (Fsp3) is 0.778. The number of aryl methyl sites for hydroxylation is 2. The smallest absolute Gasteiger partial charge is 0.135 e. The molecule has 6 nitrogen and oxygen atoms in total. The van der Waals surface area contributed by atoms with Crippen LogP contribution in [0.3, 0.4) is 0 Å². The third-order valence-electron chi connectivity index (χ3n) is 5.18. The molecule has 134 valence electrons. The molecule has 0 aromatic carbocycles. The van der Waals surface area contributed by atoms with Crippen molar-refractivity contribution in [1.29, 1.82) is 0 Å². The van der Waals surface area contributed by atoms with Crippen LogP contribution in [0.15, 0.2) is 0 Å². The van der Waals surface area contributed by atoms with E-state index in [2.05, 4.69) is 31.7 Å². The maximum Gasteiger partial charge on any atom is 0.135 e. The van der Waals surface area contributed by atoms with Crippen molar-refractivity contribution in [3.8, 4) is 0 Å². The van der Waals surface area contributed by atoms with Crippen LogP contribution in [0.25, 0.3) is 0 Å². The molecule has 3 rings (SSSR count). The van der Waals surface area contributed by atoms with Gasteiger partial charge in [0.1, 0.15) is 11.6 Å². The third kappa shape index (κ3) is 4.23. The van der Waals surface area contributed by atoms with Crippen molar-refractivity contribution >= 4 is 5.82 Å². The Hall–Kier alpha value is -1.24. The number of fused-ring (bicyclic) bond motifs is 1. The molecule has 1 aromatic heterocycles. The zero-order valence-electron chi connectivity index (χ0n) is 15.3. The predicted molar refractivity (Wildman–Crippen MR) is 96.6 cm³/mol. The molecule has 2 aliphatic rings. The minimum Gasteiger partial charge on any atom is -0.390 e. The van der Waals surface area contributed by atoms with Gasteiger partial charge in [0.05, 0.1) is 6.10 Å². The molecule has 0 radical (unpaired) electrons. The second kappa shape index (κ2) is 7.76. The lowest BCUT2D eigenvalue weighted by atomic mass is 9.96. The summed E-state index contributed by atoms with van der Waals surface area (Å²) < 4.78 is 0. The predicted octanol–water partition coefficient (Wildman–Crippen LogP) is 0.708. The Balaban J connectivity index is 1.62. The number of hydrogen-bond acceptors (Lipinski definition) is 6. The van der Waals surface area contributed by atoms with Gasteiger partial charge in [0.25, 0.3) is 0 Å². The van der Waals surface area contributed by atoms with Crippen LogP contribution < -0.4 is 4.90 Å². The average molecular weight is 333 g/mol. The maximum absolute atomic E-state index is 10.5. The summed E-state index contributed by atoms with van der Waals surface area (Å²) in [6.45, 7) is 7.58. The molecule has 0 bridgehead atoms. The van der Waals surface area contributed by atoms with Crippen LogP contribution in [0.5, 0.6) is 0 Å². The van der Waals surface area contributed by atoms with Gasteiger partial charge >= 0.3 is 0 Å². The number of β-amino-alcohol motifs (C(OH)–C–C–N with tert-alkyl or cyclic N) is 1. The van der Waals surface area contributed by atoms with Crippen LogP contribution >= 0.6 is 0 Å². The number of rotatable bonds is 5. The highest BCUT2D eigenvalue weighted by Crippen LogP contribution is 2.27. The second-order valence-electron chi connectivity index (χ2n) is 7.37. The number of likely N-dealkylation sites (N-methyl/N-ethyl adjacent to an activating group) is 2. The van der Waals surface area contributed by atoms with Crippen LogP contribution in [0.4, 0.5) is 5.82 Å². The van der Waals surface area contributed by atoms with Gasteiger partial charge in [-0.05, 0) is 39.7 Å². The van der Waals surface area contributed by atoms with E-state index in [-0.39, 0.29) is 6.10 Å². The summed E-state index contributed by atoms with van der Waals surface area (Å²) in [4.78, 5) is 16.1. The van der Waals surface area contributed by atoms with Crippen molar-refractivity contribution in [3.63, 3.8) is 0 Å². The zero-order valence-corrected chi connectivity index (χ0v) is 15.3. The van der Waals surface area contributed by atoms with Crippen LogP contribution in [0.1, 0.15) is 29.9 Å². The SMILES string of the molecule is Cc1nc2c(c(N(C)CC(O)CN3CCN(C)CC3)n1)CCCC2. The van der Waals surface area contributed by atoms with Crippen LogP contribution in [-0.2, 0) is 12.8 Å². The number of anilines is 1. The Bertz CT molecular complexity index is 557. The monoisotopic (exact) mass is 333 g/mol. The number of aliphatic hydroxyl groups is 1. The Morgan fingerprint density at radius 3 is 2.58 bits per heavy atom. The van der Waals surface area contributed by atoms with E-state index >= 15 is 0 Å². The standard InChI is InChI=1S/C18H31N5O/c1-14-19-17-7-5-4-6-16(17)18(20-14)22(3)12-15(24)13-23-10-8-21(2)9-11-23/h15,24H,4-13H2,1-3H3. The van der Waals surface area contributed by atoms with Gasteiger partial charge < -0.3 is 14.9 Å². The van der Waals surface area contributed by atoms with Crippen LogP contribution in [0, 0.1) is 6.92 Å². The Morgan fingerprint density at radius 1 is 1.12 bits per heavy atom. The third-order valence-corrected chi connectivity index (χ3v) is 5.18. The van der Waals surface area contributed by atoms with Crippen molar-refractivity contribution in [1.82, 2.24) is 19.8 Å². The summed E-state index contributed by atoms with van der Waals surface area (Å²) >= 11 is 0. The molecule has 1 unspecified atom stereocenters. The fourth-order valence-electron chi connectivity index (χ4n) is 3.80. The van der Waals surface area contributed by atoms with Crippen molar-refractivity contribution in [2.24, 2.45) is 0 Å². The molecule has 0 saturated carbocycles. The summed E-state index contributed by atoms with van der Waals surface area (Å²) in [6.07, 6.45) is 4.20. The first-order valence-corrected chi connectivity index (χ1v) is 9.19. The van der Waals surface area contributed by atoms with Crippen molar-refractivity contribution in [2.45, 2.75) is 38.7 Å². The molecule has 1 aliphatic carbocycles. The van der Waals surface area contributed by atoms with Crippen molar-refractivity contribution in [3.05, 3.63) is 17.1 Å². The highest BCUT2D eigenvalue weighted by Gasteiger charge is 2.22. The summed E-state index contributed by atoms with van der Waals surface area (Å²) in [5, 5.41) is 10.5. The average Bonchev–Trinajstić information content (AvgIpc) is 2.56. The Morgan fingerprint density at radius 2 is 1.83 bits per heavy atom. The summed E-state index contributed by atoms with van der Waals surface area (Å²) in [7, 11) is 4.20. The molecule has 1 N–H and O–H groups in total. The minimum atomic E-state index is -0.354. The lowest BCUT2D eigenvalue weighted by molar-refractivity contribution is 0.0842. The molecule has 2 heterocycles. The van der Waals surface area contributed by atoms with Crippen molar-refractivity contribution in [2.75, 3.05) is 58.3 Å². The largest absolute Gasteiger partial charge is 0.390 e. The first kappa shape index (κ1) is 17.6. The van der Waals surface area contributed by atoms with Gasteiger partial charge in [-0.3, -0.25) is 4.90 Å². The molecule has 0 spiro atoms. The number of hydrogen-bond donors (Lipinski definition) is 1. The molecule has 24 heavy (non-hydrogen) atoms. The van der Waals surface area contributed by atoms with E-state index < -0.39 is 0 Å². The molecular weight excluding hydrogens is 302 g/mol. The first-order chi connectivity index (χ1) is 11.5. The highest BCUT2D eigenvalue weighted by molar-refractivity contribution is 5.49. The van der Waals surface area contributed by atoms with Gasteiger partial charge in [-0.15, -0.1) is 0 Å². The van der Waals surface area contributed by atoms with E-state index in [0.29, 0.717) is 6.54 Å². The molecule has 6 heteroatoms. The summed E-state index contributed by atoms with van der Waals surface area (Å²) in [5.74, 6) is 1.86. The van der Waals surface area contributed by atoms with E-state index in [4.69, 9.17) is 0 Å². The van der Waals surface area contributed by atoms with Gasteiger partial charge in [0.15, 0.2) is 0 Å². The van der Waals surface area contributed by atoms with Gasteiger partial charge in [0.2, 0.25) is 0 Å². The first-order valence-electron chi connectivity index (χ1n) is 9.19. The number of aliphatic hydroxyl groups excluding tert-OH is 1. The van der Waals surface area contributed by atoms with E-state index in [1.54, 1.807) is 0 Å². The lowest BCUT2D eigenvalue weighted by Gasteiger charge is -2.34. The Kier molecular flexibility index (Phi) is 5.69. The van der Waals surface area contributed by atoms with Gasteiger partial charge in [-0.2, -0.15) is 0 Å². The Labute approximate surface area is 145 Å². The van der Waals surface area contributed by atoms with Crippen LogP contribution in [-0.4, -0.2) is 84.3 Å². The fourth-order valence-corrected chi connectivity index (χ4v) is 3.80. The van der Waals surface area contributed by atoms with Crippen molar-refractivity contribution < 1.29 is 5.11 Å². The molecule has 1 fully saturated rings. The maximum atomic E-state index is 10.5. The topological polar surface area (TPSA) is 55.7 Å². The van der Waals surface area contributed by atoms with E-state index in [0.717, 1.165) is 57.2 Å². The van der Waals surface area contributed by atoms with E-state index in [1.807, 2.05) is 14.0 Å². The molecule has 0 amide bonds. The molecule has 1 atom stereocenters. The molecule has 1 aliphatic heterocycles. The summed E-state index contributed by atoms with van der Waals surface area (Å²) in [6, 6.07) is 0. The molecule has 1 saturated heterocycles. The summed E-state index contributed by atoms with van der Waals surface area (Å²) in [5.41, 5.74) is 2.50. The quantitative estimate of drug-likeness (QED) is 0.856. The van der Waals surface area contributed by atoms with E-state index in [9.17, 15) is 5.11 Å².